The first-order chi connectivity index (χ1) is 19.5. The largest absolute Gasteiger partial charge is 0.575 e. The number of ether oxygens (including phenoxy) is 2. The van der Waals surface area contributed by atoms with E-state index < -0.39 is 44.3 Å². The molecule has 2 aliphatic rings. The van der Waals surface area contributed by atoms with Crippen molar-refractivity contribution < 1.29 is 38.3 Å². The first-order valence-corrected chi connectivity index (χ1v) is 14.3. The molecule has 1 aliphatic heterocycles. The van der Waals surface area contributed by atoms with Gasteiger partial charge in [-0.15, -0.1) is 0 Å². The van der Waals surface area contributed by atoms with E-state index in [-0.39, 0.29) is 35.7 Å². The van der Waals surface area contributed by atoms with Crippen LogP contribution in [0.5, 0.6) is 11.5 Å². The summed E-state index contributed by atoms with van der Waals surface area (Å²) in [6, 6.07) is 5.18. The molecule has 1 unspecified atom stereocenters. The van der Waals surface area contributed by atoms with Crippen LogP contribution in [0, 0.1) is 0 Å². The zero-order valence-electron chi connectivity index (χ0n) is 22.4. The molecule has 0 radical (unpaired) electrons. The van der Waals surface area contributed by atoms with Gasteiger partial charge < -0.3 is 35.6 Å². The number of nitrogen functional groups attached to an aromatic ring is 1. The predicted octanol–water partition coefficient (Wildman–Crippen LogP) is 2.54. The highest BCUT2D eigenvalue weighted by Crippen LogP contribution is 2.43. The number of rotatable bonds is 10. The number of anilines is 2. The van der Waals surface area contributed by atoms with Gasteiger partial charge in [-0.3, -0.25) is 9.09 Å². The van der Waals surface area contributed by atoms with Gasteiger partial charge in [-0.25, -0.2) is 14.2 Å². The Labute approximate surface area is 235 Å². The average molecular weight is 592 g/mol. The van der Waals surface area contributed by atoms with Gasteiger partial charge in [-0.1, -0.05) is 29.7 Å². The van der Waals surface area contributed by atoms with E-state index >= 15 is 4.39 Å². The molecule has 220 valence electrons. The molecular weight excluding hydrogens is 560 g/mol. The van der Waals surface area contributed by atoms with Crippen molar-refractivity contribution in [1.29, 1.82) is 0 Å². The number of hydrogen-bond acceptors (Lipinski definition) is 12. The Morgan fingerprint density at radius 1 is 1.37 bits per heavy atom. The van der Waals surface area contributed by atoms with Crippen LogP contribution in [0.2, 0.25) is 0 Å². The molecule has 6 atom stereocenters. The van der Waals surface area contributed by atoms with Crippen molar-refractivity contribution in [3.8, 4) is 11.5 Å². The number of aliphatic hydroxyl groups is 1. The number of aromatic nitrogens is 4. The van der Waals surface area contributed by atoms with Crippen molar-refractivity contribution in [1.82, 2.24) is 19.5 Å². The second-order valence-corrected chi connectivity index (χ2v) is 11.1. The van der Waals surface area contributed by atoms with Gasteiger partial charge in [0.05, 0.1) is 6.33 Å². The fraction of sp³-hybridized carbons (Fsp3) is 0.520. The van der Waals surface area contributed by atoms with E-state index in [1.54, 1.807) is 12.1 Å². The van der Waals surface area contributed by atoms with Gasteiger partial charge in [0.2, 0.25) is 11.7 Å². The first-order valence-electron chi connectivity index (χ1n) is 13.1. The Balaban J connectivity index is 1.33. The lowest BCUT2D eigenvalue weighted by molar-refractivity contribution is -0.169. The van der Waals surface area contributed by atoms with Gasteiger partial charge in [0.15, 0.2) is 40.7 Å². The molecule has 1 aliphatic carbocycles. The highest BCUT2D eigenvalue weighted by molar-refractivity contribution is 7.34. The maximum absolute atomic E-state index is 16.0. The van der Waals surface area contributed by atoms with E-state index in [2.05, 4.69) is 25.0 Å². The fourth-order valence-corrected chi connectivity index (χ4v) is 5.68. The number of imidazole rings is 1. The minimum atomic E-state index is -2.71. The van der Waals surface area contributed by atoms with Crippen LogP contribution in [0.1, 0.15) is 45.8 Å². The molecule has 0 spiro atoms. The zero-order valence-corrected chi connectivity index (χ0v) is 23.3. The number of nitrogens with one attached hydrogen (secondary N) is 1. The minimum absolute atomic E-state index is 0.0156. The molecule has 41 heavy (non-hydrogen) atoms. The quantitative estimate of drug-likeness (QED) is 0.251. The molecule has 1 saturated heterocycles. The number of carbonyl (C=O) groups is 1. The summed E-state index contributed by atoms with van der Waals surface area (Å²) in [5, 5.41) is 23.2. The number of para-hydroxylation sites is 2. The van der Waals surface area contributed by atoms with Crippen molar-refractivity contribution in [2.45, 2.75) is 75.7 Å². The lowest BCUT2D eigenvalue weighted by atomic mass is 9.98. The summed E-state index contributed by atoms with van der Waals surface area (Å²) in [6.07, 6.45) is 1.55. The van der Waals surface area contributed by atoms with Gasteiger partial charge in [0.25, 0.3) is 0 Å². The van der Waals surface area contributed by atoms with Crippen LogP contribution in [-0.4, -0.2) is 72.3 Å². The van der Waals surface area contributed by atoms with Crippen LogP contribution in [-0.2, 0) is 9.53 Å². The normalized spacial score (nSPS) is 25.9. The minimum Gasteiger partial charge on any atom is -0.575 e. The van der Waals surface area contributed by atoms with E-state index in [9.17, 15) is 14.8 Å². The Hall–Kier alpha value is -3.65. The zero-order chi connectivity index (χ0) is 29.3. The molecule has 2 aromatic heterocycles. The molecule has 3 aromatic rings. The van der Waals surface area contributed by atoms with E-state index in [0.717, 1.165) is 25.7 Å². The van der Waals surface area contributed by atoms with Crippen molar-refractivity contribution in [2.75, 3.05) is 17.7 Å². The number of halogens is 1. The fourth-order valence-electron chi connectivity index (χ4n) is 4.93. The van der Waals surface area contributed by atoms with E-state index in [1.165, 1.54) is 36.9 Å². The van der Waals surface area contributed by atoms with Gasteiger partial charge in [0, 0.05) is 6.04 Å². The molecular formula is C25H31FN7O7P. The molecule has 1 saturated carbocycles. The number of benzene rings is 1. The third-order valence-corrected chi connectivity index (χ3v) is 8.05. The van der Waals surface area contributed by atoms with Crippen molar-refractivity contribution in [2.24, 2.45) is 4.74 Å². The highest BCUT2D eigenvalue weighted by atomic mass is 31.1. The Morgan fingerprint density at radius 2 is 2.07 bits per heavy atom. The summed E-state index contributed by atoms with van der Waals surface area (Å²) >= 11 is 0. The molecule has 0 amide bonds. The topological polar surface area (TPSA) is 202 Å². The summed E-state index contributed by atoms with van der Waals surface area (Å²) < 4.78 is 37.9. The van der Waals surface area contributed by atoms with Gasteiger partial charge >= 0.3 is 14.1 Å². The number of carboxylic acids is 1. The highest BCUT2D eigenvalue weighted by Gasteiger charge is 2.55. The smallest absolute Gasteiger partial charge is 0.395 e. The third kappa shape index (κ3) is 6.03. The molecule has 16 heteroatoms. The molecule has 1 aromatic carbocycles. The van der Waals surface area contributed by atoms with Crippen molar-refractivity contribution >= 4 is 37.1 Å². The number of aliphatic carboxylic acids is 1. The lowest BCUT2D eigenvalue weighted by Crippen LogP contribution is -2.41. The number of nitrogens with two attached hydrogens (primary N) is 1. The van der Waals surface area contributed by atoms with Crippen LogP contribution in [0.3, 0.4) is 0 Å². The molecule has 14 nitrogen and oxygen atoms in total. The molecule has 0 bridgehead atoms. The second-order valence-electron chi connectivity index (χ2n) is 10.2. The van der Waals surface area contributed by atoms with Crippen LogP contribution in [0.15, 0.2) is 35.3 Å². The summed E-state index contributed by atoms with van der Waals surface area (Å²) in [5.74, 6) is -0.671. The van der Waals surface area contributed by atoms with E-state index in [0.29, 0.717) is 11.3 Å². The van der Waals surface area contributed by atoms with Crippen LogP contribution in [0.25, 0.3) is 11.2 Å². The maximum atomic E-state index is 16.0. The standard InChI is InChI=1S/C25H31FN7O7P/c1-13(22(35)36)32-41(37)40-16-10-6-5-9-15(16)38-11-17-19(34)25(2,26)23(39-17)33-12-28-18-20(29-14-7-3-4-8-14)30-24(27)31-21(18)33/h5-6,9-10,12-14,17,19,23,34H,3-4,7-8,11H2,1-2H3,(H,35,36)(H3,27,29,30,31)/t13-,17+,19+,23+,25+/m0/s1. The number of alkyl halides is 1. The number of carboxylic acid groups (broad SMARTS) is 1. The van der Waals surface area contributed by atoms with Crippen molar-refractivity contribution in [3.05, 3.63) is 30.6 Å². The number of nitrogens with zero attached hydrogens (tertiary/aromatic N) is 5. The van der Waals surface area contributed by atoms with Gasteiger partial charge in [-0.2, -0.15) is 9.97 Å². The summed E-state index contributed by atoms with van der Waals surface area (Å²) in [7, 11) is -2.71. The van der Waals surface area contributed by atoms with Gasteiger partial charge in [-0.05, 0) is 38.8 Å². The van der Waals surface area contributed by atoms with Crippen LogP contribution in [0.4, 0.5) is 16.2 Å². The maximum Gasteiger partial charge on any atom is 0.395 e. The first kappa shape index (κ1) is 28.9. The number of aliphatic hydroxyl groups excluding tert-OH is 1. The third-order valence-electron chi connectivity index (χ3n) is 7.16. The lowest BCUT2D eigenvalue weighted by Gasteiger charge is -2.24. The van der Waals surface area contributed by atoms with E-state index in [1.807, 2.05) is 0 Å². The second kappa shape index (κ2) is 11.7. The number of hydrogen-bond donors (Lipinski definition) is 4. The Kier molecular flexibility index (Phi) is 8.23. The summed E-state index contributed by atoms with van der Waals surface area (Å²) in [4.78, 5) is 36.1. The molecule has 5 rings (SSSR count). The van der Waals surface area contributed by atoms with Crippen LogP contribution >= 0.6 is 8.17 Å². The monoisotopic (exact) mass is 591 g/mol. The average Bonchev–Trinajstić information content (AvgIpc) is 3.63. The van der Waals surface area contributed by atoms with E-state index in [4.69, 9.17) is 24.8 Å². The molecule has 5 N–H and O–H groups in total. The van der Waals surface area contributed by atoms with Crippen molar-refractivity contribution in [3.63, 3.8) is 0 Å². The van der Waals surface area contributed by atoms with Gasteiger partial charge in [0.1, 0.15) is 18.8 Å². The summed E-state index contributed by atoms with van der Waals surface area (Å²) in [6.45, 7) is 2.18. The molecule has 3 heterocycles. The predicted molar refractivity (Wildman–Crippen MR) is 144 cm³/mol. The summed E-state index contributed by atoms with van der Waals surface area (Å²) in [5.41, 5.74) is 4.36. The molecule has 2 fully saturated rings. The van der Waals surface area contributed by atoms with Crippen LogP contribution < -0.4 is 25.2 Å². The number of fused-ring (bicyclic) bond motifs is 1. The SMILES string of the molecule is C[C@H](N=[P+]([O-])Oc1ccccc1OC[C@H]1O[C@@H](n2cnc3c(NC4CCCC4)nc(N)nc32)[C@](C)(F)[C@@H]1O)C(=O)O. The Bertz CT molecular complexity index is 1450. The Morgan fingerprint density at radius 3 is 2.78 bits per heavy atom.